The van der Waals surface area contributed by atoms with E-state index in [1.807, 2.05) is 32.0 Å². The number of benzene rings is 1. The van der Waals surface area contributed by atoms with Crippen LogP contribution in [0.25, 0.3) is 0 Å². The molecule has 1 heterocycles. The number of ketones is 1. The van der Waals surface area contributed by atoms with Gasteiger partial charge in [0.05, 0.1) is 4.88 Å². The lowest BCUT2D eigenvalue weighted by Gasteiger charge is -2.03. The van der Waals surface area contributed by atoms with Crippen LogP contribution in [0.1, 0.15) is 25.7 Å². The number of carbonyl (C=O) groups excluding carboxylic acids is 1. The molecular weight excluding hydrogens is 218 g/mol. The van der Waals surface area contributed by atoms with Crippen molar-refractivity contribution in [3.63, 3.8) is 0 Å². The third-order valence-electron chi connectivity index (χ3n) is 2.45. The average Bonchev–Trinajstić information content (AvgIpc) is 2.58. The molecule has 0 saturated heterocycles. The van der Waals surface area contributed by atoms with E-state index in [-0.39, 0.29) is 5.78 Å². The summed E-state index contributed by atoms with van der Waals surface area (Å²) < 4.78 is 0. The summed E-state index contributed by atoms with van der Waals surface area (Å²) in [5.41, 5.74) is 7.95. The molecule has 0 radical (unpaired) electrons. The minimum atomic E-state index is 0.0219. The number of hydrogen-bond acceptors (Lipinski definition) is 3. The highest BCUT2D eigenvalue weighted by Crippen LogP contribution is 2.25. The van der Waals surface area contributed by atoms with Crippen molar-refractivity contribution in [1.82, 2.24) is 0 Å². The smallest absolute Gasteiger partial charge is 0.205 e. The molecule has 82 valence electrons. The number of rotatable bonds is 2. The maximum atomic E-state index is 12.2. The first kappa shape index (κ1) is 10.9. The van der Waals surface area contributed by atoms with E-state index in [9.17, 15) is 4.79 Å². The summed E-state index contributed by atoms with van der Waals surface area (Å²) in [6.07, 6.45) is 0. The van der Waals surface area contributed by atoms with Crippen molar-refractivity contribution in [3.05, 3.63) is 51.2 Å². The van der Waals surface area contributed by atoms with Gasteiger partial charge in [-0.2, -0.15) is 0 Å². The largest absolute Gasteiger partial charge is 0.398 e. The van der Waals surface area contributed by atoms with Crippen molar-refractivity contribution >= 4 is 22.8 Å². The van der Waals surface area contributed by atoms with Gasteiger partial charge in [0.1, 0.15) is 0 Å². The lowest BCUT2D eigenvalue weighted by molar-refractivity contribution is 0.104. The standard InChI is InChI=1S/C13H13NOS/c1-8-7-9(2)16-13(8)12(15)10-5-3-4-6-11(10)14/h3-7H,14H2,1-2H3. The van der Waals surface area contributed by atoms with Crippen LogP contribution < -0.4 is 5.73 Å². The van der Waals surface area contributed by atoms with E-state index in [2.05, 4.69) is 0 Å². The molecule has 0 bridgehead atoms. The Morgan fingerprint density at radius 2 is 1.94 bits per heavy atom. The fraction of sp³-hybridized carbons (Fsp3) is 0.154. The van der Waals surface area contributed by atoms with Gasteiger partial charge >= 0.3 is 0 Å². The molecule has 0 atom stereocenters. The molecule has 1 aromatic heterocycles. The van der Waals surface area contributed by atoms with Crippen LogP contribution in [-0.2, 0) is 0 Å². The van der Waals surface area contributed by atoms with Crippen molar-refractivity contribution in [2.24, 2.45) is 0 Å². The van der Waals surface area contributed by atoms with Crippen LogP contribution in [0.2, 0.25) is 0 Å². The molecule has 0 fully saturated rings. The van der Waals surface area contributed by atoms with Gasteiger partial charge in [0.25, 0.3) is 0 Å². The molecule has 0 amide bonds. The normalized spacial score (nSPS) is 10.4. The summed E-state index contributed by atoms with van der Waals surface area (Å²) in [6.45, 7) is 3.96. The Morgan fingerprint density at radius 3 is 2.50 bits per heavy atom. The van der Waals surface area contributed by atoms with E-state index in [0.717, 1.165) is 15.3 Å². The topological polar surface area (TPSA) is 43.1 Å². The average molecular weight is 231 g/mol. The lowest BCUT2D eigenvalue weighted by Crippen LogP contribution is -2.04. The lowest BCUT2D eigenvalue weighted by atomic mass is 10.1. The summed E-state index contributed by atoms with van der Waals surface area (Å²) in [4.78, 5) is 14.2. The molecule has 2 aromatic rings. The summed E-state index contributed by atoms with van der Waals surface area (Å²) in [6, 6.07) is 9.21. The van der Waals surface area contributed by atoms with Crippen LogP contribution in [0.4, 0.5) is 5.69 Å². The number of hydrogen-bond donors (Lipinski definition) is 1. The number of thiophene rings is 1. The zero-order valence-electron chi connectivity index (χ0n) is 9.28. The quantitative estimate of drug-likeness (QED) is 0.637. The number of para-hydroxylation sites is 1. The second-order valence-corrected chi connectivity index (χ2v) is 5.04. The molecular formula is C13H13NOS. The first-order chi connectivity index (χ1) is 7.59. The van der Waals surface area contributed by atoms with Crippen LogP contribution >= 0.6 is 11.3 Å². The molecule has 0 spiro atoms. The molecule has 0 aliphatic carbocycles. The van der Waals surface area contributed by atoms with Gasteiger partial charge in [0, 0.05) is 16.1 Å². The Hall–Kier alpha value is -1.61. The summed E-state index contributed by atoms with van der Waals surface area (Å²) in [7, 11) is 0. The van der Waals surface area contributed by atoms with Gasteiger partial charge in [-0.3, -0.25) is 4.79 Å². The SMILES string of the molecule is Cc1cc(C)c(C(=O)c2ccccc2N)s1. The second-order valence-electron chi connectivity index (χ2n) is 3.79. The van der Waals surface area contributed by atoms with E-state index in [1.165, 1.54) is 11.3 Å². The van der Waals surface area contributed by atoms with Gasteiger partial charge in [0.2, 0.25) is 5.78 Å². The molecule has 2 nitrogen and oxygen atoms in total. The molecule has 0 aliphatic rings. The van der Waals surface area contributed by atoms with Crippen molar-refractivity contribution in [2.75, 3.05) is 5.73 Å². The highest BCUT2D eigenvalue weighted by atomic mass is 32.1. The molecule has 2 rings (SSSR count). The van der Waals surface area contributed by atoms with Gasteiger partial charge in [-0.05, 0) is 37.6 Å². The highest BCUT2D eigenvalue weighted by molar-refractivity contribution is 7.14. The molecule has 2 N–H and O–H groups in total. The molecule has 16 heavy (non-hydrogen) atoms. The van der Waals surface area contributed by atoms with Crippen molar-refractivity contribution in [1.29, 1.82) is 0 Å². The van der Waals surface area contributed by atoms with Crippen molar-refractivity contribution in [2.45, 2.75) is 13.8 Å². The monoisotopic (exact) mass is 231 g/mol. The van der Waals surface area contributed by atoms with Crippen LogP contribution in [0.3, 0.4) is 0 Å². The maximum Gasteiger partial charge on any atom is 0.205 e. The van der Waals surface area contributed by atoms with E-state index in [1.54, 1.807) is 12.1 Å². The minimum Gasteiger partial charge on any atom is -0.398 e. The van der Waals surface area contributed by atoms with E-state index in [4.69, 9.17) is 5.73 Å². The van der Waals surface area contributed by atoms with E-state index >= 15 is 0 Å². The predicted molar refractivity (Wildman–Crippen MR) is 68.1 cm³/mol. The number of carbonyl (C=O) groups is 1. The van der Waals surface area contributed by atoms with Gasteiger partial charge in [-0.1, -0.05) is 12.1 Å². The van der Waals surface area contributed by atoms with Crippen molar-refractivity contribution in [3.8, 4) is 0 Å². The molecule has 0 saturated carbocycles. The molecule has 1 aromatic carbocycles. The summed E-state index contributed by atoms with van der Waals surface area (Å²) >= 11 is 1.52. The fourth-order valence-corrected chi connectivity index (χ4v) is 2.67. The van der Waals surface area contributed by atoms with Gasteiger partial charge in [0.15, 0.2) is 0 Å². The summed E-state index contributed by atoms with van der Waals surface area (Å²) in [5.74, 6) is 0.0219. The number of anilines is 1. The van der Waals surface area contributed by atoms with Crippen LogP contribution in [0, 0.1) is 13.8 Å². The van der Waals surface area contributed by atoms with Gasteiger partial charge < -0.3 is 5.73 Å². The molecule has 3 heteroatoms. The first-order valence-electron chi connectivity index (χ1n) is 5.06. The number of nitrogen functional groups attached to an aromatic ring is 1. The third-order valence-corrected chi connectivity index (χ3v) is 3.60. The van der Waals surface area contributed by atoms with E-state index < -0.39 is 0 Å². The van der Waals surface area contributed by atoms with Crippen LogP contribution in [0.15, 0.2) is 30.3 Å². The maximum absolute atomic E-state index is 12.2. The second kappa shape index (κ2) is 4.10. The number of aryl methyl sites for hydroxylation is 2. The van der Waals surface area contributed by atoms with Crippen LogP contribution in [-0.4, -0.2) is 5.78 Å². The molecule has 0 unspecified atom stereocenters. The zero-order valence-corrected chi connectivity index (χ0v) is 10.1. The fourth-order valence-electron chi connectivity index (χ4n) is 1.69. The Labute approximate surface area is 98.7 Å². The Bertz CT molecular complexity index is 543. The van der Waals surface area contributed by atoms with E-state index in [0.29, 0.717) is 11.3 Å². The number of nitrogens with two attached hydrogens (primary N) is 1. The van der Waals surface area contributed by atoms with Gasteiger partial charge in [-0.25, -0.2) is 0 Å². The minimum absolute atomic E-state index is 0.0219. The predicted octanol–water partition coefficient (Wildman–Crippen LogP) is 3.18. The highest BCUT2D eigenvalue weighted by Gasteiger charge is 2.16. The Balaban J connectivity index is 2.47. The molecule has 0 aliphatic heterocycles. The van der Waals surface area contributed by atoms with Crippen LogP contribution in [0.5, 0.6) is 0 Å². The zero-order chi connectivity index (χ0) is 11.7. The van der Waals surface area contributed by atoms with Crippen molar-refractivity contribution < 1.29 is 4.79 Å². The Morgan fingerprint density at radius 1 is 1.25 bits per heavy atom. The summed E-state index contributed by atoms with van der Waals surface area (Å²) in [5, 5.41) is 0. The Kier molecular flexibility index (Phi) is 2.79. The third kappa shape index (κ3) is 1.86. The first-order valence-corrected chi connectivity index (χ1v) is 5.87. The van der Waals surface area contributed by atoms with Gasteiger partial charge in [-0.15, -0.1) is 11.3 Å².